The van der Waals surface area contributed by atoms with Gasteiger partial charge in [0.15, 0.2) is 0 Å². The van der Waals surface area contributed by atoms with Crippen LogP contribution in [0, 0.1) is 0 Å². The zero-order valence-corrected chi connectivity index (χ0v) is 8.01. The van der Waals surface area contributed by atoms with E-state index < -0.39 is 11.8 Å². The van der Waals surface area contributed by atoms with Gasteiger partial charge >= 0.3 is 5.97 Å². The third kappa shape index (κ3) is 1.48. The molecule has 0 bridgehead atoms. The number of carbonyl (C=O) groups is 2. The molecule has 0 unspecified atom stereocenters. The van der Waals surface area contributed by atoms with Crippen molar-refractivity contribution in [3.63, 3.8) is 0 Å². The van der Waals surface area contributed by atoms with Gasteiger partial charge in [-0.2, -0.15) is 0 Å². The van der Waals surface area contributed by atoms with Crippen LogP contribution in [0.25, 0.3) is 0 Å². The number of hydrogen-bond acceptors (Lipinski definition) is 2. The Morgan fingerprint density at radius 2 is 2.25 bits per heavy atom. The van der Waals surface area contributed by atoms with Crippen LogP contribution in [0.2, 0.25) is 0 Å². The van der Waals surface area contributed by atoms with Crippen LogP contribution < -0.4 is 0 Å². The zero-order chi connectivity index (χ0) is 9.30. The smallest absolute Gasteiger partial charge is 0.339 e. The molecule has 0 aromatic carbocycles. The summed E-state index contributed by atoms with van der Waals surface area (Å²) in [5.41, 5.74) is 0.720. The molecular weight excluding hydrogens is 224 g/mol. The average molecular weight is 231 g/mol. The first-order valence-electron chi connectivity index (χ1n) is 3.37. The Kier molecular flexibility index (Phi) is 2.47. The van der Waals surface area contributed by atoms with E-state index in [0.29, 0.717) is 10.9 Å². The van der Waals surface area contributed by atoms with Crippen LogP contribution in [0.3, 0.4) is 0 Å². The lowest BCUT2D eigenvalue weighted by molar-refractivity contribution is -0.134. The van der Waals surface area contributed by atoms with E-state index in [2.05, 4.69) is 15.9 Å². The molecule has 4 heteroatoms. The van der Waals surface area contributed by atoms with Crippen LogP contribution in [0.1, 0.15) is 13.3 Å². The maximum atomic E-state index is 11.2. The highest BCUT2D eigenvalue weighted by atomic mass is 79.9. The molecule has 0 amide bonds. The van der Waals surface area contributed by atoms with Crippen molar-refractivity contribution in [2.24, 2.45) is 0 Å². The van der Waals surface area contributed by atoms with Gasteiger partial charge in [0.2, 0.25) is 5.78 Å². The second-order valence-corrected chi connectivity index (χ2v) is 3.34. The molecule has 0 fully saturated rings. The summed E-state index contributed by atoms with van der Waals surface area (Å²) in [4.78, 5) is 21.7. The van der Waals surface area contributed by atoms with E-state index in [9.17, 15) is 9.59 Å². The minimum Gasteiger partial charge on any atom is -0.478 e. The summed E-state index contributed by atoms with van der Waals surface area (Å²) in [6, 6.07) is 0. The van der Waals surface area contributed by atoms with Crippen molar-refractivity contribution >= 4 is 27.7 Å². The fourth-order valence-electron chi connectivity index (χ4n) is 0.934. The second kappa shape index (κ2) is 3.23. The summed E-state index contributed by atoms with van der Waals surface area (Å²) in [7, 11) is 0. The molecule has 3 nitrogen and oxygen atoms in total. The number of aliphatic carboxylic acids is 1. The van der Waals surface area contributed by atoms with Gasteiger partial charge in [0, 0.05) is 0 Å². The lowest BCUT2D eigenvalue weighted by atomic mass is 9.99. The molecule has 0 saturated heterocycles. The molecule has 0 aliphatic heterocycles. The van der Waals surface area contributed by atoms with Crippen LogP contribution in [-0.2, 0) is 9.59 Å². The fraction of sp³-hybridized carbons (Fsp3) is 0.250. The van der Waals surface area contributed by atoms with Gasteiger partial charge in [-0.25, -0.2) is 4.79 Å². The highest BCUT2D eigenvalue weighted by Gasteiger charge is 2.24. The highest BCUT2D eigenvalue weighted by molar-refractivity contribution is 9.12. The zero-order valence-electron chi connectivity index (χ0n) is 6.43. The van der Waals surface area contributed by atoms with Crippen molar-refractivity contribution in [2.75, 3.05) is 0 Å². The summed E-state index contributed by atoms with van der Waals surface area (Å²) >= 11 is 3.05. The van der Waals surface area contributed by atoms with E-state index in [0.717, 1.165) is 5.57 Å². The normalized spacial score (nSPS) is 17.8. The maximum absolute atomic E-state index is 11.2. The number of halogens is 1. The van der Waals surface area contributed by atoms with Gasteiger partial charge in [-0.15, -0.1) is 0 Å². The molecule has 0 heterocycles. The summed E-state index contributed by atoms with van der Waals surface area (Å²) in [5.74, 6) is -1.60. The Morgan fingerprint density at radius 1 is 1.67 bits per heavy atom. The SMILES string of the molecule is CC1=C(Br)C(=O)C(C(=O)O)=CC1. The lowest BCUT2D eigenvalue weighted by Gasteiger charge is -2.09. The summed E-state index contributed by atoms with van der Waals surface area (Å²) in [6.07, 6.45) is 1.96. The van der Waals surface area contributed by atoms with Gasteiger partial charge in [0.1, 0.15) is 5.57 Å². The number of carboxylic acid groups (broad SMARTS) is 1. The molecule has 0 spiro atoms. The van der Waals surface area contributed by atoms with Crippen LogP contribution in [0.15, 0.2) is 21.7 Å². The number of carbonyl (C=O) groups excluding carboxylic acids is 1. The molecular formula is C8H7BrO3. The largest absolute Gasteiger partial charge is 0.478 e. The second-order valence-electron chi connectivity index (χ2n) is 2.55. The minimum absolute atomic E-state index is 0.146. The van der Waals surface area contributed by atoms with Crippen LogP contribution >= 0.6 is 15.9 Å². The monoisotopic (exact) mass is 230 g/mol. The van der Waals surface area contributed by atoms with E-state index in [1.165, 1.54) is 6.08 Å². The summed E-state index contributed by atoms with van der Waals surface area (Å²) in [5, 5.41) is 8.58. The number of hydrogen-bond donors (Lipinski definition) is 1. The minimum atomic E-state index is -1.16. The maximum Gasteiger partial charge on any atom is 0.339 e. The molecule has 0 atom stereocenters. The number of rotatable bonds is 1. The Morgan fingerprint density at radius 3 is 2.75 bits per heavy atom. The van der Waals surface area contributed by atoms with E-state index in [-0.39, 0.29) is 5.57 Å². The molecule has 64 valence electrons. The van der Waals surface area contributed by atoms with Crippen molar-refractivity contribution in [1.82, 2.24) is 0 Å². The van der Waals surface area contributed by atoms with Crippen molar-refractivity contribution in [2.45, 2.75) is 13.3 Å². The number of Topliss-reactive ketones (excluding diaryl/α,β-unsaturated/α-hetero) is 1. The van der Waals surface area contributed by atoms with Crippen LogP contribution in [-0.4, -0.2) is 16.9 Å². The number of ketones is 1. The molecule has 0 radical (unpaired) electrons. The molecule has 1 aliphatic carbocycles. The highest BCUT2D eigenvalue weighted by Crippen LogP contribution is 2.25. The predicted octanol–water partition coefficient (Wildman–Crippen LogP) is 1.64. The average Bonchev–Trinajstić information content (AvgIpc) is 2.00. The van der Waals surface area contributed by atoms with Gasteiger partial charge < -0.3 is 5.11 Å². The van der Waals surface area contributed by atoms with Gasteiger partial charge in [-0.3, -0.25) is 4.79 Å². The lowest BCUT2D eigenvalue weighted by Crippen LogP contribution is -2.15. The molecule has 1 aliphatic rings. The van der Waals surface area contributed by atoms with Gasteiger partial charge in [0.25, 0.3) is 0 Å². The first-order valence-corrected chi connectivity index (χ1v) is 4.16. The summed E-state index contributed by atoms with van der Waals surface area (Å²) < 4.78 is 0.377. The van der Waals surface area contributed by atoms with E-state index in [1.807, 2.05) is 0 Å². The molecule has 1 N–H and O–H groups in total. The van der Waals surface area contributed by atoms with Crippen LogP contribution in [0.5, 0.6) is 0 Å². The first-order chi connectivity index (χ1) is 5.54. The van der Waals surface area contributed by atoms with Crippen LogP contribution in [0.4, 0.5) is 0 Å². The standard InChI is InChI=1S/C8H7BrO3/c1-4-2-3-5(8(11)12)7(10)6(4)9/h3H,2H2,1H3,(H,11,12). The topological polar surface area (TPSA) is 54.4 Å². The molecule has 1 rings (SSSR count). The van der Waals surface area contributed by atoms with Crippen molar-refractivity contribution in [3.8, 4) is 0 Å². The quantitative estimate of drug-likeness (QED) is 0.698. The van der Waals surface area contributed by atoms with Gasteiger partial charge in [-0.05, 0) is 29.3 Å². The van der Waals surface area contributed by atoms with E-state index in [4.69, 9.17) is 5.11 Å². The van der Waals surface area contributed by atoms with Gasteiger partial charge in [-0.1, -0.05) is 11.6 Å². The van der Waals surface area contributed by atoms with E-state index >= 15 is 0 Å². The van der Waals surface area contributed by atoms with E-state index in [1.54, 1.807) is 6.92 Å². The Labute approximate surface area is 77.9 Å². The molecule has 0 aromatic rings. The predicted molar refractivity (Wildman–Crippen MR) is 47.0 cm³/mol. The Hall–Kier alpha value is -0.900. The van der Waals surface area contributed by atoms with Crippen molar-refractivity contribution < 1.29 is 14.7 Å². The molecule has 0 saturated carbocycles. The Bertz CT molecular complexity index is 312. The molecule has 12 heavy (non-hydrogen) atoms. The van der Waals surface area contributed by atoms with Crippen molar-refractivity contribution in [1.29, 1.82) is 0 Å². The third-order valence-electron chi connectivity index (χ3n) is 1.66. The summed E-state index contributed by atoms with van der Waals surface area (Å²) in [6.45, 7) is 1.79. The Balaban J connectivity index is 3.02. The number of carboxylic acids is 1. The van der Waals surface area contributed by atoms with Crippen molar-refractivity contribution in [3.05, 3.63) is 21.7 Å². The van der Waals surface area contributed by atoms with Gasteiger partial charge in [0.05, 0.1) is 4.48 Å². The first kappa shape index (κ1) is 9.19. The fourth-order valence-corrected chi connectivity index (χ4v) is 1.31. The molecule has 0 aromatic heterocycles. The third-order valence-corrected chi connectivity index (χ3v) is 2.70. The number of allylic oxidation sites excluding steroid dienone is 3.